The van der Waals surface area contributed by atoms with E-state index in [2.05, 4.69) is 25.7 Å². The van der Waals surface area contributed by atoms with Gasteiger partial charge in [0, 0.05) is 11.6 Å². The number of hydrogen-bond donors (Lipinski definition) is 1. The van der Waals surface area contributed by atoms with Gasteiger partial charge >= 0.3 is 0 Å². The Labute approximate surface area is 119 Å². The summed E-state index contributed by atoms with van der Waals surface area (Å²) in [5.41, 5.74) is 7.22. The molecule has 1 fully saturated rings. The largest absolute Gasteiger partial charge is 0.326 e. The van der Waals surface area contributed by atoms with Gasteiger partial charge in [-0.25, -0.2) is 4.39 Å². The average Bonchev–Trinajstić information content (AvgIpc) is 2.31. The number of rotatable bonds is 1. The molecule has 0 aliphatic carbocycles. The van der Waals surface area contributed by atoms with Crippen LogP contribution in [0.5, 0.6) is 0 Å². The van der Waals surface area contributed by atoms with E-state index < -0.39 is 0 Å². The molecule has 0 radical (unpaired) electrons. The molecule has 0 bridgehead atoms. The quantitative estimate of drug-likeness (QED) is 0.851. The normalized spacial score (nSPS) is 25.6. The zero-order chi connectivity index (χ0) is 14.2. The van der Waals surface area contributed by atoms with E-state index in [1.807, 2.05) is 6.07 Å². The number of likely N-dealkylation sites (tertiary alicyclic amines) is 1. The lowest BCUT2D eigenvalue weighted by Crippen LogP contribution is -2.53. The first-order chi connectivity index (χ1) is 8.80. The van der Waals surface area contributed by atoms with Crippen molar-refractivity contribution in [1.82, 2.24) is 4.90 Å². The Morgan fingerprint density at radius 1 is 1.37 bits per heavy atom. The summed E-state index contributed by atoms with van der Waals surface area (Å²) in [6.07, 6.45) is 2.06. The lowest BCUT2D eigenvalue weighted by Gasteiger charge is -2.47. The molecule has 1 heterocycles. The summed E-state index contributed by atoms with van der Waals surface area (Å²) >= 11 is 5.76. The molecular formula is C15H22ClFN2. The molecule has 19 heavy (non-hydrogen) atoms. The Balaban J connectivity index is 2.39. The molecule has 0 saturated carbocycles. The van der Waals surface area contributed by atoms with Crippen LogP contribution < -0.4 is 5.73 Å². The maximum absolute atomic E-state index is 13.7. The second-order valence-electron chi connectivity index (χ2n) is 6.29. The van der Waals surface area contributed by atoms with Crippen molar-refractivity contribution in [3.63, 3.8) is 0 Å². The summed E-state index contributed by atoms with van der Waals surface area (Å²) in [7, 11) is 0. The molecular weight excluding hydrogens is 263 g/mol. The van der Waals surface area contributed by atoms with Crippen molar-refractivity contribution in [3.05, 3.63) is 34.6 Å². The van der Waals surface area contributed by atoms with Crippen molar-refractivity contribution >= 4 is 11.6 Å². The fourth-order valence-corrected chi connectivity index (χ4v) is 3.02. The van der Waals surface area contributed by atoms with Crippen molar-refractivity contribution in [3.8, 4) is 0 Å². The van der Waals surface area contributed by atoms with Gasteiger partial charge in [0.1, 0.15) is 5.82 Å². The van der Waals surface area contributed by atoms with Crippen LogP contribution in [0, 0.1) is 5.82 Å². The fourth-order valence-electron chi connectivity index (χ4n) is 2.90. The van der Waals surface area contributed by atoms with Crippen LogP contribution in [0.4, 0.5) is 4.39 Å². The predicted molar refractivity (Wildman–Crippen MR) is 77.8 cm³/mol. The maximum atomic E-state index is 13.7. The lowest BCUT2D eigenvalue weighted by molar-refractivity contribution is 0.0383. The summed E-state index contributed by atoms with van der Waals surface area (Å²) in [6, 6.07) is 5.12. The Morgan fingerprint density at radius 3 is 2.63 bits per heavy atom. The van der Waals surface area contributed by atoms with E-state index >= 15 is 0 Å². The first-order valence-electron chi connectivity index (χ1n) is 6.78. The van der Waals surface area contributed by atoms with Crippen molar-refractivity contribution in [2.24, 2.45) is 5.73 Å². The van der Waals surface area contributed by atoms with E-state index in [0.717, 1.165) is 24.9 Å². The Kier molecular flexibility index (Phi) is 4.19. The highest BCUT2D eigenvalue weighted by atomic mass is 35.5. The zero-order valence-corrected chi connectivity index (χ0v) is 12.5. The van der Waals surface area contributed by atoms with Gasteiger partial charge in [-0.05, 0) is 57.9 Å². The minimum absolute atomic E-state index is 0.0127. The third-order valence-corrected chi connectivity index (χ3v) is 4.13. The Bertz CT molecular complexity index is 456. The summed E-state index contributed by atoms with van der Waals surface area (Å²) in [6.45, 7) is 7.51. The summed E-state index contributed by atoms with van der Waals surface area (Å²) < 4.78 is 13.7. The van der Waals surface area contributed by atoms with Crippen LogP contribution in [0.25, 0.3) is 0 Å². The highest BCUT2D eigenvalue weighted by Crippen LogP contribution is 2.36. The predicted octanol–water partition coefficient (Wildman–Crippen LogP) is 3.74. The minimum atomic E-state index is -0.370. The molecule has 1 saturated heterocycles. The van der Waals surface area contributed by atoms with Gasteiger partial charge in [-0.1, -0.05) is 17.7 Å². The van der Waals surface area contributed by atoms with Crippen molar-refractivity contribution in [2.45, 2.75) is 51.2 Å². The van der Waals surface area contributed by atoms with E-state index in [4.69, 9.17) is 17.3 Å². The number of hydrogen-bond acceptors (Lipinski definition) is 2. The molecule has 2 unspecified atom stereocenters. The summed E-state index contributed by atoms with van der Waals surface area (Å²) in [5, 5.41) is 0.162. The smallest absolute Gasteiger partial charge is 0.142 e. The van der Waals surface area contributed by atoms with Gasteiger partial charge in [0.2, 0.25) is 0 Å². The second-order valence-corrected chi connectivity index (χ2v) is 6.70. The topological polar surface area (TPSA) is 29.3 Å². The molecule has 1 aliphatic rings. The molecule has 1 aromatic carbocycles. The standard InChI is InChI=1S/C15H22ClFN2/c1-15(2,3)19-8-4-5-13(18)14(19)10-6-7-11(16)12(17)9-10/h6-7,9,13-14H,4-5,8,18H2,1-3H3. The lowest BCUT2D eigenvalue weighted by atomic mass is 9.87. The van der Waals surface area contributed by atoms with Gasteiger partial charge in [0.25, 0.3) is 0 Å². The number of halogens is 2. The van der Waals surface area contributed by atoms with E-state index in [-0.39, 0.29) is 28.5 Å². The molecule has 0 amide bonds. The maximum Gasteiger partial charge on any atom is 0.142 e. The van der Waals surface area contributed by atoms with Crippen LogP contribution in [0.1, 0.15) is 45.2 Å². The SMILES string of the molecule is CC(C)(C)N1CCCC(N)C1c1ccc(Cl)c(F)c1. The first kappa shape index (κ1) is 14.8. The van der Waals surface area contributed by atoms with Crippen LogP contribution in [-0.2, 0) is 0 Å². The van der Waals surface area contributed by atoms with Gasteiger partial charge in [-0.3, -0.25) is 4.90 Å². The highest BCUT2D eigenvalue weighted by Gasteiger charge is 2.36. The van der Waals surface area contributed by atoms with Gasteiger partial charge < -0.3 is 5.73 Å². The van der Waals surface area contributed by atoms with Crippen LogP contribution >= 0.6 is 11.6 Å². The van der Waals surface area contributed by atoms with Crippen molar-refractivity contribution in [1.29, 1.82) is 0 Å². The van der Waals surface area contributed by atoms with Crippen molar-refractivity contribution in [2.75, 3.05) is 6.54 Å². The van der Waals surface area contributed by atoms with Crippen LogP contribution in [0.3, 0.4) is 0 Å². The van der Waals surface area contributed by atoms with Crippen LogP contribution in [0.2, 0.25) is 5.02 Å². The first-order valence-corrected chi connectivity index (χ1v) is 7.16. The molecule has 4 heteroatoms. The molecule has 2 atom stereocenters. The fraction of sp³-hybridized carbons (Fsp3) is 0.600. The van der Waals surface area contributed by atoms with Gasteiger partial charge in [-0.2, -0.15) is 0 Å². The second kappa shape index (κ2) is 5.39. The third-order valence-electron chi connectivity index (χ3n) is 3.82. The molecule has 2 N–H and O–H groups in total. The molecule has 2 nitrogen and oxygen atoms in total. The molecule has 0 spiro atoms. The minimum Gasteiger partial charge on any atom is -0.326 e. The van der Waals surface area contributed by atoms with E-state index in [1.54, 1.807) is 6.07 Å². The van der Waals surface area contributed by atoms with Crippen LogP contribution in [-0.4, -0.2) is 23.0 Å². The number of benzene rings is 1. The Hall–Kier alpha value is -0.640. The average molecular weight is 285 g/mol. The monoisotopic (exact) mass is 284 g/mol. The number of piperidine rings is 1. The number of nitrogens with two attached hydrogens (primary N) is 1. The van der Waals surface area contributed by atoms with E-state index in [0.29, 0.717) is 0 Å². The van der Waals surface area contributed by atoms with Crippen molar-refractivity contribution < 1.29 is 4.39 Å². The molecule has 0 aromatic heterocycles. The summed E-state index contributed by atoms with van der Waals surface area (Å²) in [4.78, 5) is 2.36. The molecule has 2 rings (SSSR count). The molecule has 1 aliphatic heterocycles. The van der Waals surface area contributed by atoms with Crippen LogP contribution in [0.15, 0.2) is 18.2 Å². The highest BCUT2D eigenvalue weighted by molar-refractivity contribution is 6.30. The van der Waals surface area contributed by atoms with Gasteiger partial charge in [0.15, 0.2) is 0 Å². The van der Waals surface area contributed by atoms with Gasteiger partial charge in [0.05, 0.1) is 11.1 Å². The number of nitrogens with zero attached hydrogens (tertiary/aromatic N) is 1. The zero-order valence-electron chi connectivity index (χ0n) is 11.8. The third kappa shape index (κ3) is 3.10. The molecule has 106 valence electrons. The molecule has 1 aromatic rings. The van der Waals surface area contributed by atoms with E-state index in [1.165, 1.54) is 6.07 Å². The Morgan fingerprint density at radius 2 is 2.05 bits per heavy atom. The van der Waals surface area contributed by atoms with Gasteiger partial charge in [-0.15, -0.1) is 0 Å². The van der Waals surface area contributed by atoms with E-state index in [9.17, 15) is 4.39 Å². The summed E-state index contributed by atoms with van der Waals surface area (Å²) in [5.74, 6) is -0.370.